The predicted octanol–water partition coefficient (Wildman–Crippen LogP) is 3.27. The molecular weight excluding hydrogens is 216 g/mol. The van der Waals surface area contributed by atoms with Crippen molar-refractivity contribution in [2.24, 2.45) is 0 Å². The highest BCUT2D eigenvalue weighted by molar-refractivity contribution is 5.87. The number of carboxylic acids is 1. The third kappa shape index (κ3) is 5.87. The Morgan fingerprint density at radius 1 is 1.00 bits per heavy atom. The van der Waals surface area contributed by atoms with Crippen LogP contribution in [-0.2, 0) is 4.79 Å². The second kappa shape index (κ2) is 8.29. The molecule has 0 fully saturated rings. The lowest BCUT2D eigenvalue weighted by Gasteiger charge is -2.11. The van der Waals surface area contributed by atoms with Crippen LogP contribution in [0.1, 0.15) is 64.2 Å². The Balaban J connectivity index is 2.54. The molecule has 0 bridgehead atoms. The molecule has 2 N–H and O–H groups in total. The van der Waals surface area contributed by atoms with Gasteiger partial charge in [-0.1, -0.05) is 51.0 Å². The summed E-state index contributed by atoms with van der Waals surface area (Å²) in [6, 6.07) is 0. The Hall–Kier alpha value is -0.830. The average Bonchev–Trinajstić information content (AvgIpc) is 2.30. The number of carboxylic acid groups (broad SMARTS) is 1. The fourth-order valence-corrected chi connectivity index (χ4v) is 2.32. The number of rotatable bonds is 1. The molecule has 0 saturated heterocycles. The average molecular weight is 240 g/mol. The van der Waals surface area contributed by atoms with Gasteiger partial charge in [0, 0.05) is 0 Å². The van der Waals surface area contributed by atoms with Gasteiger partial charge in [0.25, 0.3) is 0 Å². The number of aliphatic hydroxyl groups excluding tert-OH is 1. The van der Waals surface area contributed by atoms with E-state index < -0.39 is 12.1 Å². The summed E-state index contributed by atoms with van der Waals surface area (Å²) < 4.78 is 0. The van der Waals surface area contributed by atoms with Crippen LogP contribution in [0.15, 0.2) is 11.6 Å². The molecule has 0 amide bonds. The smallest absolute Gasteiger partial charge is 0.333 e. The molecule has 1 aliphatic rings. The van der Waals surface area contributed by atoms with Crippen molar-refractivity contribution < 1.29 is 15.0 Å². The van der Waals surface area contributed by atoms with E-state index in [4.69, 9.17) is 5.11 Å². The number of hydrogen-bond donors (Lipinski definition) is 2. The zero-order valence-electron chi connectivity index (χ0n) is 10.5. The fraction of sp³-hybridized carbons (Fsp3) is 0.786. The topological polar surface area (TPSA) is 57.5 Å². The van der Waals surface area contributed by atoms with Crippen molar-refractivity contribution in [1.82, 2.24) is 0 Å². The van der Waals surface area contributed by atoms with Gasteiger partial charge >= 0.3 is 5.97 Å². The van der Waals surface area contributed by atoms with Crippen LogP contribution in [0.5, 0.6) is 0 Å². The van der Waals surface area contributed by atoms with Gasteiger partial charge < -0.3 is 10.2 Å². The Bertz CT molecular complexity index is 258. The van der Waals surface area contributed by atoms with E-state index >= 15 is 0 Å². The van der Waals surface area contributed by atoms with Crippen molar-refractivity contribution in [2.45, 2.75) is 70.3 Å². The third-order valence-electron chi connectivity index (χ3n) is 3.40. The van der Waals surface area contributed by atoms with E-state index in [1.165, 1.54) is 32.1 Å². The van der Waals surface area contributed by atoms with Gasteiger partial charge in [-0.25, -0.2) is 4.79 Å². The summed E-state index contributed by atoms with van der Waals surface area (Å²) in [6.07, 6.45) is 11.5. The summed E-state index contributed by atoms with van der Waals surface area (Å²) in [7, 11) is 0. The van der Waals surface area contributed by atoms with Gasteiger partial charge in [-0.05, 0) is 19.3 Å². The molecule has 0 aliphatic heterocycles. The second-order valence-electron chi connectivity index (χ2n) is 4.89. The lowest BCUT2D eigenvalue weighted by atomic mass is 10.0. The van der Waals surface area contributed by atoms with E-state index in [9.17, 15) is 9.90 Å². The van der Waals surface area contributed by atoms with E-state index in [1.807, 2.05) is 0 Å². The Kier molecular flexibility index (Phi) is 6.94. The molecular formula is C14H24O3. The summed E-state index contributed by atoms with van der Waals surface area (Å²) in [4.78, 5) is 11.0. The van der Waals surface area contributed by atoms with Crippen molar-refractivity contribution >= 4 is 5.97 Å². The number of hydrogen-bond acceptors (Lipinski definition) is 2. The van der Waals surface area contributed by atoms with Crippen LogP contribution in [0.2, 0.25) is 0 Å². The first kappa shape index (κ1) is 14.2. The number of aliphatic hydroxyl groups is 1. The van der Waals surface area contributed by atoms with Crippen molar-refractivity contribution in [1.29, 1.82) is 0 Å². The minimum absolute atomic E-state index is 0.198. The van der Waals surface area contributed by atoms with Crippen LogP contribution in [0, 0.1) is 0 Å². The van der Waals surface area contributed by atoms with Crippen molar-refractivity contribution in [2.75, 3.05) is 0 Å². The number of carbonyl (C=O) groups is 1. The summed E-state index contributed by atoms with van der Waals surface area (Å²) in [5, 5.41) is 18.9. The molecule has 0 heterocycles. The molecule has 1 atom stereocenters. The number of aliphatic carboxylic acids is 1. The molecule has 0 saturated carbocycles. The third-order valence-corrected chi connectivity index (χ3v) is 3.40. The molecule has 1 rings (SSSR count). The van der Waals surface area contributed by atoms with Crippen LogP contribution in [-0.4, -0.2) is 22.3 Å². The first-order valence-corrected chi connectivity index (χ1v) is 6.83. The maximum Gasteiger partial charge on any atom is 0.333 e. The summed E-state index contributed by atoms with van der Waals surface area (Å²) in [6.45, 7) is 0. The second-order valence-corrected chi connectivity index (χ2v) is 4.89. The Morgan fingerprint density at radius 3 is 2.12 bits per heavy atom. The molecule has 0 spiro atoms. The van der Waals surface area contributed by atoms with Crippen LogP contribution in [0.3, 0.4) is 0 Å². The fourth-order valence-electron chi connectivity index (χ4n) is 2.32. The quantitative estimate of drug-likeness (QED) is 0.739. The van der Waals surface area contributed by atoms with E-state index in [0.717, 1.165) is 25.7 Å². The van der Waals surface area contributed by atoms with Gasteiger partial charge in [0.2, 0.25) is 0 Å². The minimum atomic E-state index is -0.965. The molecule has 1 aliphatic carbocycles. The monoisotopic (exact) mass is 240 g/mol. The lowest BCUT2D eigenvalue weighted by molar-refractivity contribution is -0.133. The number of allylic oxidation sites excluding steroid dienone is 1. The van der Waals surface area contributed by atoms with Crippen LogP contribution in [0.4, 0.5) is 0 Å². The van der Waals surface area contributed by atoms with Crippen LogP contribution < -0.4 is 0 Å². The lowest BCUT2D eigenvalue weighted by Crippen LogP contribution is -2.17. The standard InChI is InChI=1S/C14H24O3/c15-13-11-9-7-5-3-1-2-4-6-8-10-12(13)14(16)17/h10,13,15H,1-9,11H2,(H,16,17)/b12-10-. The molecule has 1 unspecified atom stereocenters. The van der Waals surface area contributed by atoms with E-state index in [2.05, 4.69) is 0 Å². The Labute approximate surface area is 104 Å². The zero-order valence-corrected chi connectivity index (χ0v) is 10.5. The van der Waals surface area contributed by atoms with Crippen molar-refractivity contribution in [3.05, 3.63) is 11.6 Å². The van der Waals surface area contributed by atoms with Gasteiger partial charge in [-0.15, -0.1) is 0 Å². The van der Waals surface area contributed by atoms with Gasteiger partial charge in [0.1, 0.15) is 0 Å². The predicted molar refractivity (Wildman–Crippen MR) is 67.9 cm³/mol. The molecule has 0 aromatic rings. The summed E-state index contributed by atoms with van der Waals surface area (Å²) in [5.41, 5.74) is 0.198. The van der Waals surface area contributed by atoms with E-state index in [0.29, 0.717) is 6.42 Å². The van der Waals surface area contributed by atoms with Gasteiger partial charge in [0.15, 0.2) is 0 Å². The zero-order chi connectivity index (χ0) is 12.5. The largest absolute Gasteiger partial charge is 0.478 e. The van der Waals surface area contributed by atoms with E-state index in [1.54, 1.807) is 6.08 Å². The SMILES string of the molecule is O=C(O)/C1=C\CCCCCCCCCCC1O. The molecule has 3 heteroatoms. The maximum absolute atomic E-state index is 11.0. The first-order chi connectivity index (χ1) is 8.22. The van der Waals surface area contributed by atoms with Gasteiger partial charge in [-0.3, -0.25) is 0 Å². The van der Waals surface area contributed by atoms with Crippen LogP contribution in [0.25, 0.3) is 0 Å². The molecule has 0 aromatic heterocycles. The summed E-state index contributed by atoms with van der Waals surface area (Å²) >= 11 is 0. The highest BCUT2D eigenvalue weighted by Gasteiger charge is 2.17. The maximum atomic E-state index is 11.0. The van der Waals surface area contributed by atoms with Gasteiger partial charge in [0.05, 0.1) is 11.7 Å². The van der Waals surface area contributed by atoms with Crippen LogP contribution >= 0.6 is 0 Å². The highest BCUT2D eigenvalue weighted by atomic mass is 16.4. The first-order valence-electron chi connectivity index (χ1n) is 6.83. The molecule has 3 nitrogen and oxygen atoms in total. The van der Waals surface area contributed by atoms with Crippen molar-refractivity contribution in [3.63, 3.8) is 0 Å². The normalized spacial score (nSPS) is 28.1. The van der Waals surface area contributed by atoms with Crippen molar-refractivity contribution in [3.8, 4) is 0 Å². The summed E-state index contributed by atoms with van der Waals surface area (Å²) in [5.74, 6) is -0.965. The molecule has 0 radical (unpaired) electrons. The Morgan fingerprint density at radius 2 is 1.53 bits per heavy atom. The van der Waals surface area contributed by atoms with Gasteiger partial charge in [-0.2, -0.15) is 0 Å². The van der Waals surface area contributed by atoms with E-state index in [-0.39, 0.29) is 5.57 Å². The highest BCUT2D eigenvalue weighted by Crippen LogP contribution is 2.17. The molecule has 17 heavy (non-hydrogen) atoms. The minimum Gasteiger partial charge on any atom is -0.478 e. The molecule has 0 aromatic carbocycles. The molecule has 98 valence electrons.